The van der Waals surface area contributed by atoms with E-state index in [0.29, 0.717) is 45.7 Å². The van der Waals surface area contributed by atoms with Gasteiger partial charge in [-0.25, -0.2) is 0 Å². The molecule has 0 radical (unpaired) electrons. The highest BCUT2D eigenvalue weighted by molar-refractivity contribution is 9.10. The number of rotatable bonds is 3. The highest BCUT2D eigenvalue weighted by Gasteiger charge is 2.29. The summed E-state index contributed by atoms with van der Waals surface area (Å²) >= 11 is 16.1. The zero-order chi connectivity index (χ0) is 19.8. The van der Waals surface area contributed by atoms with E-state index < -0.39 is 0 Å². The molecule has 1 aromatic heterocycles. The summed E-state index contributed by atoms with van der Waals surface area (Å²) in [4.78, 5) is 13.2. The van der Waals surface area contributed by atoms with Gasteiger partial charge in [0.1, 0.15) is 22.8 Å². The lowest BCUT2D eigenvalue weighted by molar-refractivity contribution is 0.0924. The van der Waals surface area contributed by atoms with E-state index in [9.17, 15) is 4.79 Å². The highest BCUT2D eigenvalue weighted by Crippen LogP contribution is 2.38. The Balaban J connectivity index is 1.70. The second-order valence-corrected chi connectivity index (χ2v) is 8.13. The van der Waals surface area contributed by atoms with Crippen LogP contribution in [0.25, 0.3) is 11.3 Å². The van der Waals surface area contributed by atoms with Crippen molar-refractivity contribution in [2.75, 3.05) is 6.61 Å². The number of carbonyl (C=O) groups excluding carboxylic acids is 1. The molecule has 0 bridgehead atoms. The lowest BCUT2D eigenvalue weighted by Crippen LogP contribution is -2.32. The van der Waals surface area contributed by atoms with Gasteiger partial charge in [-0.1, -0.05) is 50.4 Å². The number of nitrogens with one attached hydrogen (secondary N) is 1. The van der Waals surface area contributed by atoms with Crippen molar-refractivity contribution in [1.29, 1.82) is 0 Å². The zero-order valence-corrected chi connectivity index (χ0v) is 17.9. The Morgan fingerprint density at radius 3 is 2.75 bits per heavy atom. The number of aryl methyl sites for hydroxylation is 1. The van der Waals surface area contributed by atoms with E-state index in [1.807, 2.05) is 18.2 Å². The lowest BCUT2D eigenvalue weighted by atomic mass is 9.99. The van der Waals surface area contributed by atoms with Crippen LogP contribution in [0.1, 0.15) is 34.1 Å². The van der Waals surface area contributed by atoms with Crippen molar-refractivity contribution in [2.45, 2.75) is 19.4 Å². The number of benzene rings is 2. The van der Waals surface area contributed by atoms with E-state index in [4.69, 9.17) is 32.5 Å². The Hall–Kier alpha value is -2.02. The predicted octanol–water partition coefficient (Wildman–Crippen LogP) is 5.97. The van der Waals surface area contributed by atoms with Gasteiger partial charge in [0.2, 0.25) is 0 Å². The minimum atomic E-state index is -0.303. The standard InChI is InChI=1S/C20H15BrCl2N2O3/c1-10-17(19(25-28-10)18-13(22)3-2-4-14(18)23)20(26)24-15-7-8-27-16-6-5-11(21)9-12(15)16/h2-6,9,15H,7-8H2,1H3,(H,24,26). The van der Waals surface area contributed by atoms with Crippen molar-refractivity contribution in [1.82, 2.24) is 10.5 Å². The Kier molecular flexibility index (Phi) is 5.36. The monoisotopic (exact) mass is 480 g/mol. The fourth-order valence-corrected chi connectivity index (χ4v) is 4.24. The Bertz CT molecular complexity index is 1050. The second-order valence-electron chi connectivity index (χ2n) is 6.40. The van der Waals surface area contributed by atoms with Gasteiger partial charge in [0.15, 0.2) is 0 Å². The van der Waals surface area contributed by atoms with Gasteiger partial charge in [-0.2, -0.15) is 0 Å². The van der Waals surface area contributed by atoms with Crippen molar-refractivity contribution in [3.8, 4) is 17.0 Å². The topological polar surface area (TPSA) is 64.4 Å². The van der Waals surface area contributed by atoms with Crippen molar-refractivity contribution in [3.05, 3.63) is 67.8 Å². The minimum Gasteiger partial charge on any atom is -0.493 e. The third-order valence-corrected chi connectivity index (χ3v) is 5.73. The Morgan fingerprint density at radius 1 is 1.25 bits per heavy atom. The second kappa shape index (κ2) is 7.78. The van der Waals surface area contributed by atoms with Gasteiger partial charge < -0.3 is 14.6 Å². The van der Waals surface area contributed by atoms with E-state index >= 15 is 0 Å². The number of aromatic nitrogens is 1. The van der Waals surface area contributed by atoms with Crippen LogP contribution in [0, 0.1) is 6.92 Å². The van der Waals surface area contributed by atoms with Crippen molar-refractivity contribution < 1.29 is 14.1 Å². The molecule has 1 amide bonds. The molecule has 2 heterocycles. The third-order valence-electron chi connectivity index (χ3n) is 4.61. The van der Waals surface area contributed by atoms with Gasteiger partial charge in [0.05, 0.1) is 22.7 Å². The van der Waals surface area contributed by atoms with Crippen LogP contribution in [-0.4, -0.2) is 17.7 Å². The summed E-state index contributed by atoms with van der Waals surface area (Å²) < 4.78 is 11.9. The summed E-state index contributed by atoms with van der Waals surface area (Å²) in [5.74, 6) is 0.851. The molecule has 0 saturated carbocycles. The molecule has 5 nitrogen and oxygen atoms in total. The van der Waals surface area contributed by atoms with Crippen LogP contribution in [0.5, 0.6) is 5.75 Å². The number of hydrogen-bond donors (Lipinski definition) is 1. The van der Waals surface area contributed by atoms with Crippen LogP contribution in [0.3, 0.4) is 0 Å². The molecule has 0 aliphatic carbocycles. The van der Waals surface area contributed by atoms with Crippen LogP contribution in [0.15, 0.2) is 45.4 Å². The molecule has 1 N–H and O–H groups in total. The van der Waals surface area contributed by atoms with E-state index in [-0.39, 0.29) is 11.9 Å². The fraction of sp³-hybridized carbons (Fsp3) is 0.200. The Labute approximate surface area is 180 Å². The maximum absolute atomic E-state index is 13.2. The summed E-state index contributed by atoms with van der Waals surface area (Å²) in [6.07, 6.45) is 0.654. The molecule has 4 rings (SSSR count). The molecule has 3 aromatic rings. The van der Waals surface area contributed by atoms with Gasteiger partial charge in [0, 0.05) is 22.0 Å². The number of carbonyl (C=O) groups is 1. The van der Waals surface area contributed by atoms with E-state index in [0.717, 1.165) is 15.8 Å². The summed E-state index contributed by atoms with van der Waals surface area (Å²) in [5.41, 5.74) is 2.04. The first kappa shape index (κ1) is 19.3. The van der Waals surface area contributed by atoms with Crippen LogP contribution in [0.4, 0.5) is 0 Å². The average molecular weight is 482 g/mol. The van der Waals surface area contributed by atoms with E-state index in [1.54, 1.807) is 25.1 Å². The van der Waals surface area contributed by atoms with Gasteiger partial charge in [0.25, 0.3) is 5.91 Å². The molecule has 1 atom stereocenters. The normalized spacial score (nSPS) is 15.6. The molecular formula is C20H15BrCl2N2O3. The first-order valence-electron chi connectivity index (χ1n) is 8.59. The fourth-order valence-electron chi connectivity index (χ4n) is 3.28. The third kappa shape index (κ3) is 3.52. The zero-order valence-electron chi connectivity index (χ0n) is 14.8. The summed E-state index contributed by atoms with van der Waals surface area (Å²) in [7, 11) is 0. The van der Waals surface area contributed by atoms with Crippen LogP contribution < -0.4 is 10.1 Å². The van der Waals surface area contributed by atoms with Crippen LogP contribution in [0.2, 0.25) is 10.0 Å². The predicted molar refractivity (Wildman–Crippen MR) is 111 cm³/mol. The first-order valence-corrected chi connectivity index (χ1v) is 10.1. The summed E-state index contributed by atoms with van der Waals surface area (Å²) in [6, 6.07) is 10.7. The number of halogens is 3. The maximum Gasteiger partial charge on any atom is 0.257 e. The molecule has 0 spiro atoms. The average Bonchev–Trinajstić information content (AvgIpc) is 3.03. The molecular weight excluding hydrogens is 467 g/mol. The van der Waals surface area contributed by atoms with Crippen molar-refractivity contribution in [2.24, 2.45) is 0 Å². The van der Waals surface area contributed by atoms with E-state index in [1.165, 1.54) is 0 Å². The number of amides is 1. The van der Waals surface area contributed by atoms with Gasteiger partial charge >= 0.3 is 0 Å². The number of fused-ring (bicyclic) bond motifs is 1. The van der Waals surface area contributed by atoms with Gasteiger partial charge in [-0.15, -0.1) is 0 Å². The number of nitrogens with zero attached hydrogens (tertiary/aromatic N) is 1. The molecule has 144 valence electrons. The van der Waals surface area contributed by atoms with Gasteiger partial charge in [-0.05, 0) is 37.3 Å². The summed E-state index contributed by atoms with van der Waals surface area (Å²) in [6.45, 7) is 2.20. The summed E-state index contributed by atoms with van der Waals surface area (Å²) in [5, 5.41) is 7.91. The van der Waals surface area contributed by atoms with E-state index in [2.05, 4.69) is 26.4 Å². The SMILES string of the molecule is Cc1onc(-c2c(Cl)cccc2Cl)c1C(=O)NC1CCOc2ccc(Br)cc21. The van der Waals surface area contributed by atoms with Crippen LogP contribution in [-0.2, 0) is 0 Å². The van der Waals surface area contributed by atoms with Gasteiger partial charge in [-0.3, -0.25) is 4.79 Å². The smallest absolute Gasteiger partial charge is 0.257 e. The molecule has 1 unspecified atom stereocenters. The largest absolute Gasteiger partial charge is 0.493 e. The van der Waals surface area contributed by atoms with Crippen LogP contribution >= 0.6 is 39.1 Å². The van der Waals surface area contributed by atoms with Crippen molar-refractivity contribution >= 4 is 45.0 Å². The number of ether oxygens (including phenoxy) is 1. The maximum atomic E-state index is 13.2. The van der Waals surface area contributed by atoms with Crippen molar-refractivity contribution in [3.63, 3.8) is 0 Å². The quantitative estimate of drug-likeness (QED) is 0.500. The Morgan fingerprint density at radius 2 is 2.00 bits per heavy atom. The molecule has 1 aliphatic rings. The molecule has 1 aliphatic heterocycles. The molecule has 0 fully saturated rings. The molecule has 2 aromatic carbocycles. The molecule has 8 heteroatoms. The highest BCUT2D eigenvalue weighted by atomic mass is 79.9. The minimum absolute atomic E-state index is 0.197. The molecule has 28 heavy (non-hydrogen) atoms. The lowest BCUT2D eigenvalue weighted by Gasteiger charge is -2.27. The molecule has 0 saturated heterocycles. The first-order chi connectivity index (χ1) is 13.5. The number of hydrogen-bond acceptors (Lipinski definition) is 4.